The number of hydrogen-bond donors (Lipinski definition) is 3. The van der Waals surface area contributed by atoms with Crippen LogP contribution in [0.25, 0.3) is 11.1 Å². The molecule has 4 rings (SSSR count). The average Bonchev–Trinajstić information content (AvgIpc) is 3.09. The van der Waals surface area contributed by atoms with Crippen molar-refractivity contribution in [1.29, 1.82) is 0 Å². The van der Waals surface area contributed by atoms with E-state index in [2.05, 4.69) is 5.32 Å². The minimum atomic E-state index is -4.52. The standard InChI is InChI=1S/C35H37N5O8S2/c1-39(2)34(42)20-26(22-49-27-7-5-4-6-8-27)37-30-17-15-28(21-31(30)40(44)45)50(46,47)38-35(43)25-13-11-24(12-14-25)29-16-9-23(10-18-33(36)41)19-32(29)48-3/h4-9,11-17,19,21,26,37H,10,18,20,22H2,1-3H3,(H2,36,41)(H,38,43)/t26-/m1/s1. The Hall–Kier alpha value is -5.41. The number of benzene rings is 4. The Kier molecular flexibility index (Phi) is 12.6. The monoisotopic (exact) mass is 719 g/mol. The summed E-state index contributed by atoms with van der Waals surface area (Å²) in [6.07, 6.45) is 0.680. The second-order valence-electron chi connectivity index (χ2n) is 11.4. The van der Waals surface area contributed by atoms with Crippen molar-refractivity contribution in [3.05, 3.63) is 112 Å². The number of aryl methyl sites for hydroxylation is 1. The number of carbonyl (C=O) groups is 3. The summed E-state index contributed by atoms with van der Waals surface area (Å²) in [4.78, 5) is 50.0. The fourth-order valence-corrected chi connectivity index (χ4v) is 6.81. The molecule has 0 aromatic heterocycles. The Bertz CT molecular complexity index is 1970. The van der Waals surface area contributed by atoms with E-state index in [1.807, 2.05) is 47.2 Å². The lowest BCUT2D eigenvalue weighted by molar-refractivity contribution is -0.384. The first-order valence-electron chi connectivity index (χ1n) is 15.3. The van der Waals surface area contributed by atoms with Crippen molar-refractivity contribution >= 4 is 50.9 Å². The van der Waals surface area contributed by atoms with Gasteiger partial charge in [-0.2, -0.15) is 0 Å². The van der Waals surface area contributed by atoms with Gasteiger partial charge < -0.3 is 20.7 Å². The molecular weight excluding hydrogens is 683 g/mol. The van der Waals surface area contributed by atoms with E-state index in [4.69, 9.17) is 10.5 Å². The van der Waals surface area contributed by atoms with Crippen LogP contribution in [0.2, 0.25) is 0 Å². The van der Waals surface area contributed by atoms with E-state index in [0.717, 1.165) is 22.6 Å². The Morgan fingerprint density at radius 2 is 1.68 bits per heavy atom. The van der Waals surface area contributed by atoms with Gasteiger partial charge in [-0.05, 0) is 60.0 Å². The molecule has 0 spiro atoms. The summed E-state index contributed by atoms with van der Waals surface area (Å²) in [6, 6.07) is 23.8. The molecule has 50 heavy (non-hydrogen) atoms. The zero-order chi connectivity index (χ0) is 36.4. The van der Waals surface area contributed by atoms with Crippen molar-refractivity contribution < 1.29 is 32.5 Å². The van der Waals surface area contributed by atoms with Crippen LogP contribution in [0.4, 0.5) is 11.4 Å². The highest BCUT2D eigenvalue weighted by Crippen LogP contribution is 2.32. The highest BCUT2D eigenvalue weighted by atomic mass is 32.2. The van der Waals surface area contributed by atoms with Gasteiger partial charge in [-0.25, -0.2) is 13.1 Å². The van der Waals surface area contributed by atoms with E-state index in [1.54, 1.807) is 32.3 Å². The highest BCUT2D eigenvalue weighted by Gasteiger charge is 2.26. The number of nitrogens with one attached hydrogen (secondary N) is 2. The predicted octanol–water partition coefficient (Wildman–Crippen LogP) is 4.86. The van der Waals surface area contributed by atoms with Crippen LogP contribution in [0.1, 0.15) is 28.8 Å². The second-order valence-corrected chi connectivity index (χ2v) is 14.2. The SMILES string of the molecule is COc1cc(CCC(N)=O)ccc1-c1ccc(C(=O)NS(=O)(=O)c2ccc(N[C@@H](CSc3ccccc3)CC(=O)N(C)C)c([N+](=O)[O-])c2)cc1. The first kappa shape index (κ1) is 37.4. The van der Waals surface area contributed by atoms with Crippen molar-refractivity contribution in [2.45, 2.75) is 35.1 Å². The molecule has 0 fully saturated rings. The third-order valence-electron chi connectivity index (χ3n) is 7.56. The molecule has 0 aliphatic rings. The molecular formula is C35H37N5O8S2. The van der Waals surface area contributed by atoms with Crippen LogP contribution in [0.3, 0.4) is 0 Å². The van der Waals surface area contributed by atoms with Gasteiger partial charge in [0, 0.05) is 60.8 Å². The minimum Gasteiger partial charge on any atom is -0.496 e. The maximum atomic E-state index is 13.2. The van der Waals surface area contributed by atoms with E-state index < -0.39 is 43.4 Å². The molecule has 0 radical (unpaired) electrons. The zero-order valence-electron chi connectivity index (χ0n) is 27.6. The number of amides is 3. The Labute approximate surface area is 294 Å². The van der Waals surface area contributed by atoms with E-state index in [1.165, 1.54) is 42.0 Å². The molecule has 0 heterocycles. The number of methoxy groups -OCH3 is 1. The maximum absolute atomic E-state index is 13.2. The summed E-state index contributed by atoms with van der Waals surface area (Å²) in [5, 5.41) is 15.1. The first-order valence-corrected chi connectivity index (χ1v) is 17.8. The molecule has 0 bridgehead atoms. The van der Waals surface area contributed by atoms with Crippen molar-refractivity contribution in [3.8, 4) is 16.9 Å². The van der Waals surface area contributed by atoms with Gasteiger partial charge >= 0.3 is 0 Å². The predicted molar refractivity (Wildman–Crippen MR) is 192 cm³/mol. The van der Waals surface area contributed by atoms with Crippen molar-refractivity contribution in [3.63, 3.8) is 0 Å². The van der Waals surface area contributed by atoms with E-state index in [9.17, 15) is 32.9 Å². The normalized spacial score (nSPS) is 11.7. The lowest BCUT2D eigenvalue weighted by Gasteiger charge is -2.21. The molecule has 4 aromatic carbocycles. The average molecular weight is 720 g/mol. The van der Waals surface area contributed by atoms with Gasteiger partial charge in [-0.3, -0.25) is 24.5 Å². The smallest absolute Gasteiger partial charge is 0.293 e. The van der Waals surface area contributed by atoms with E-state index in [-0.39, 0.29) is 30.0 Å². The lowest BCUT2D eigenvalue weighted by atomic mass is 9.99. The summed E-state index contributed by atoms with van der Waals surface area (Å²) >= 11 is 1.47. The van der Waals surface area contributed by atoms with E-state index in [0.29, 0.717) is 29.1 Å². The number of thioether (sulfide) groups is 1. The summed E-state index contributed by atoms with van der Waals surface area (Å²) in [5.74, 6) is -0.608. The molecule has 4 N–H and O–H groups in total. The Morgan fingerprint density at radius 3 is 2.30 bits per heavy atom. The molecule has 13 nitrogen and oxygen atoms in total. The van der Waals surface area contributed by atoms with Crippen molar-refractivity contribution in [2.24, 2.45) is 5.73 Å². The van der Waals surface area contributed by atoms with Crippen molar-refractivity contribution in [1.82, 2.24) is 9.62 Å². The van der Waals surface area contributed by atoms with E-state index >= 15 is 0 Å². The molecule has 0 aliphatic heterocycles. The number of hydrogen-bond acceptors (Lipinski definition) is 10. The van der Waals surface area contributed by atoms with Gasteiger partial charge in [0.25, 0.3) is 21.6 Å². The first-order chi connectivity index (χ1) is 23.8. The van der Waals surface area contributed by atoms with Gasteiger partial charge in [0.15, 0.2) is 0 Å². The maximum Gasteiger partial charge on any atom is 0.293 e. The molecule has 262 valence electrons. The number of ether oxygens (including phenoxy) is 1. The summed E-state index contributed by atoms with van der Waals surface area (Å²) < 4.78 is 33.9. The summed E-state index contributed by atoms with van der Waals surface area (Å²) in [6.45, 7) is 0. The van der Waals surface area contributed by atoms with Crippen LogP contribution < -0.4 is 20.5 Å². The number of carbonyl (C=O) groups excluding carboxylic acids is 3. The van der Waals surface area contributed by atoms with Crippen LogP contribution >= 0.6 is 11.8 Å². The number of anilines is 1. The van der Waals surface area contributed by atoms with Gasteiger partial charge in [0.2, 0.25) is 11.8 Å². The van der Waals surface area contributed by atoms with Crippen molar-refractivity contribution in [2.75, 3.05) is 32.3 Å². The molecule has 0 unspecified atom stereocenters. The van der Waals surface area contributed by atoms with Gasteiger partial charge in [-0.1, -0.05) is 42.5 Å². The van der Waals surface area contributed by atoms with Crippen LogP contribution in [0, 0.1) is 10.1 Å². The Morgan fingerprint density at radius 1 is 0.980 bits per heavy atom. The van der Waals surface area contributed by atoms with Crippen LogP contribution in [0.5, 0.6) is 5.75 Å². The number of nitro groups is 1. The number of primary amides is 1. The van der Waals surface area contributed by atoms with Crippen LogP contribution in [0.15, 0.2) is 101 Å². The number of nitro benzene ring substituents is 1. The summed E-state index contributed by atoms with van der Waals surface area (Å²) in [5.41, 5.74) is 7.03. The minimum absolute atomic E-state index is 0.0254. The zero-order valence-corrected chi connectivity index (χ0v) is 29.3. The third kappa shape index (κ3) is 10.1. The molecule has 15 heteroatoms. The summed E-state index contributed by atoms with van der Waals surface area (Å²) in [7, 11) is 0.206. The third-order valence-corrected chi connectivity index (χ3v) is 10.1. The molecule has 0 saturated carbocycles. The van der Waals surface area contributed by atoms with Crippen LogP contribution in [-0.2, 0) is 26.0 Å². The molecule has 4 aromatic rings. The molecule has 0 saturated heterocycles. The van der Waals surface area contributed by atoms with Gasteiger partial charge in [0.05, 0.1) is 16.9 Å². The second kappa shape index (κ2) is 16.8. The Balaban J connectivity index is 1.50. The fraction of sp³-hybridized carbons (Fsp3) is 0.229. The van der Waals surface area contributed by atoms with Gasteiger partial charge in [-0.15, -0.1) is 11.8 Å². The quantitative estimate of drug-likeness (QED) is 0.0819. The molecule has 1 atom stereocenters. The number of sulfonamides is 1. The topological polar surface area (TPSA) is 191 Å². The van der Waals surface area contributed by atoms with Crippen LogP contribution in [-0.4, -0.2) is 69.0 Å². The lowest BCUT2D eigenvalue weighted by Crippen LogP contribution is -2.32. The molecule has 3 amide bonds. The number of nitrogens with zero attached hydrogens (tertiary/aromatic N) is 2. The number of nitrogens with two attached hydrogens (primary N) is 1. The largest absolute Gasteiger partial charge is 0.496 e. The molecule has 0 aliphatic carbocycles. The number of rotatable bonds is 16. The fourth-order valence-electron chi connectivity index (χ4n) is 4.87. The van der Waals surface area contributed by atoms with Gasteiger partial charge in [0.1, 0.15) is 11.4 Å². The highest BCUT2D eigenvalue weighted by molar-refractivity contribution is 7.99.